The second-order valence-electron chi connectivity index (χ2n) is 6.12. The number of fused-ring (bicyclic) bond motifs is 1. The van der Waals surface area contributed by atoms with Crippen LogP contribution in [0.15, 0.2) is 40.8 Å². The Morgan fingerprint density at radius 3 is 2.62 bits per heavy atom. The summed E-state index contributed by atoms with van der Waals surface area (Å²) in [6.07, 6.45) is 0. The standard InChI is InChI=1S/C17H19FN2O/c18-16-4-2-1-3-15(16)17-6-5-14(21-17)11-20-9-12-7-19-8-13(12)10-20/h1-6,12-13,19H,7-11H2/t12-,13+. The second kappa shape index (κ2) is 5.28. The van der Waals surface area contributed by atoms with Gasteiger partial charge in [-0.3, -0.25) is 4.90 Å². The van der Waals surface area contributed by atoms with Crippen molar-refractivity contribution >= 4 is 0 Å². The van der Waals surface area contributed by atoms with Gasteiger partial charge in [0.1, 0.15) is 17.3 Å². The molecule has 0 bridgehead atoms. The molecule has 3 heterocycles. The molecule has 110 valence electrons. The maximum Gasteiger partial charge on any atom is 0.137 e. The minimum absolute atomic E-state index is 0.236. The van der Waals surface area contributed by atoms with Gasteiger partial charge in [-0.15, -0.1) is 0 Å². The van der Waals surface area contributed by atoms with E-state index >= 15 is 0 Å². The Balaban J connectivity index is 1.47. The van der Waals surface area contributed by atoms with Gasteiger partial charge in [0.2, 0.25) is 0 Å². The van der Waals surface area contributed by atoms with Crippen molar-refractivity contribution in [2.75, 3.05) is 26.2 Å². The fourth-order valence-electron chi connectivity index (χ4n) is 3.57. The minimum atomic E-state index is -0.236. The highest BCUT2D eigenvalue weighted by Crippen LogP contribution is 2.29. The molecule has 21 heavy (non-hydrogen) atoms. The molecule has 1 aromatic carbocycles. The molecule has 2 fully saturated rings. The zero-order chi connectivity index (χ0) is 14.2. The molecule has 4 heteroatoms. The van der Waals surface area contributed by atoms with Crippen molar-refractivity contribution in [3.8, 4) is 11.3 Å². The lowest BCUT2D eigenvalue weighted by molar-refractivity contribution is 0.279. The summed E-state index contributed by atoms with van der Waals surface area (Å²) in [6.45, 7) is 5.36. The Morgan fingerprint density at radius 2 is 1.86 bits per heavy atom. The van der Waals surface area contributed by atoms with E-state index in [1.165, 1.54) is 6.07 Å². The smallest absolute Gasteiger partial charge is 0.137 e. The van der Waals surface area contributed by atoms with Crippen LogP contribution in [0.1, 0.15) is 5.76 Å². The van der Waals surface area contributed by atoms with E-state index in [0.29, 0.717) is 11.3 Å². The molecule has 0 radical (unpaired) electrons. The van der Waals surface area contributed by atoms with Gasteiger partial charge in [0.05, 0.1) is 12.1 Å². The first-order valence-corrected chi connectivity index (χ1v) is 7.56. The van der Waals surface area contributed by atoms with Gasteiger partial charge in [-0.1, -0.05) is 12.1 Å². The Kier molecular flexibility index (Phi) is 3.28. The highest BCUT2D eigenvalue weighted by atomic mass is 19.1. The molecule has 0 saturated carbocycles. The van der Waals surface area contributed by atoms with Gasteiger partial charge in [0.15, 0.2) is 0 Å². The average molecular weight is 286 g/mol. The molecule has 0 unspecified atom stereocenters. The van der Waals surface area contributed by atoms with Crippen molar-refractivity contribution in [3.05, 3.63) is 48.0 Å². The summed E-state index contributed by atoms with van der Waals surface area (Å²) in [7, 11) is 0. The highest BCUT2D eigenvalue weighted by molar-refractivity contribution is 5.58. The summed E-state index contributed by atoms with van der Waals surface area (Å²) in [5.74, 6) is 2.86. The summed E-state index contributed by atoms with van der Waals surface area (Å²) >= 11 is 0. The number of nitrogens with one attached hydrogen (secondary N) is 1. The van der Waals surface area contributed by atoms with Crippen LogP contribution in [0, 0.1) is 17.7 Å². The lowest BCUT2D eigenvalue weighted by atomic mass is 10.0. The van der Waals surface area contributed by atoms with Gasteiger partial charge in [-0.2, -0.15) is 0 Å². The predicted molar refractivity (Wildman–Crippen MR) is 79.2 cm³/mol. The number of nitrogens with zero attached hydrogens (tertiary/aromatic N) is 1. The minimum Gasteiger partial charge on any atom is -0.460 e. The van der Waals surface area contributed by atoms with E-state index in [-0.39, 0.29) is 5.82 Å². The molecule has 2 saturated heterocycles. The van der Waals surface area contributed by atoms with Crippen molar-refractivity contribution in [1.82, 2.24) is 10.2 Å². The van der Waals surface area contributed by atoms with Crippen LogP contribution < -0.4 is 5.32 Å². The normalized spacial score (nSPS) is 25.4. The van der Waals surface area contributed by atoms with Gasteiger partial charge >= 0.3 is 0 Å². The lowest BCUT2D eigenvalue weighted by Crippen LogP contribution is -2.25. The fraction of sp³-hybridized carbons (Fsp3) is 0.412. The molecular formula is C17H19FN2O. The van der Waals surface area contributed by atoms with E-state index in [1.807, 2.05) is 18.2 Å². The fourth-order valence-corrected chi connectivity index (χ4v) is 3.57. The van der Waals surface area contributed by atoms with E-state index in [1.54, 1.807) is 12.1 Å². The van der Waals surface area contributed by atoms with Crippen LogP contribution in [0.4, 0.5) is 4.39 Å². The van der Waals surface area contributed by atoms with Gasteiger partial charge < -0.3 is 9.73 Å². The molecule has 2 atom stereocenters. The van der Waals surface area contributed by atoms with Crippen molar-refractivity contribution in [2.45, 2.75) is 6.54 Å². The monoisotopic (exact) mass is 286 g/mol. The van der Waals surface area contributed by atoms with Crippen LogP contribution in [0.3, 0.4) is 0 Å². The van der Waals surface area contributed by atoms with E-state index in [0.717, 1.165) is 50.3 Å². The number of hydrogen-bond donors (Lipinski definition) is 1. The van der Waals surface area contributed by atoms with Crippen LogP contribution in [-0.2, 0) is 6.54 Å². The second-order valence-corrected chi connectivity index (χ2v) is 6.12. The molecule has 2 aliphatic rings. The van der Waals surface area contributed by atoms with E-state index in [4.69, 9.17) is 4.42 Å². The third kappa shape index (κ3) is 2.49. The first kappa shape index (κ1) is 13.0. The van der Waals surface area contributed by atoms with E-state index in [9.17, 15) is 4.39 Å². The first-order valence-electron chi connectivity index (χ1n) is 7.56. The SMILES string of the molecule is Fc1ccccc1-c1ccc(CN2C[C@H]3CNC[C@H]3C2)o1. The number of halogens is 1. The quantitative estimate of drug-likeness (QED) is 0.940. The predicted octanol–water partition coefficient (Wildman–Crippen LogP) is 2.74. The molecule has 1 N–H and O–H groups in total. The molecule has 0 aliphatic carbocycles. The lowest BCUT2D eigenvalue weighted by Gasteiger charge is -2.14. The molecule has 1 aromatic heterocycles. The molecule has 3 nitrogen and oxygen atoms in total. The maximum atomic E-state index is 13.8. The third-order valence-corrected chi connectivity index (χ3v) is 4.65. The van der Waals surface area contributed by atoms with Crippen molar-refractivity contribution in [2.24, 2.45) is 11.8 Å². The number of furan rings is 1. The molecule has 2 aliphatic heterocycles. The molecule has 2 aromatic rings. The third-order valence-electron chi connectivity index (χ3n) is 4.65. The number of hydrogen-bond acceptors (Lipinski definition) is 3. The van der Waals surface area contributed by atoms with Crippen LogP contribution in [0.2, 0.25) is 0 Å². The van der Waals surface area contributed by atoms with Crippen molar-refractivity contribution in [3.63, 3.8) is 0 Å². The van der Waals surface area contributed by atoms with Crippen LogP contribution >= 0.6 is 0 Å². The summed E-state index contributed by atoms with van der Waals surface area (Å²) in [5, 5.41) is 3.45. The average Bonchev–Trinajstić information content (AvgIpc) is 3.15. The Morgan fingerprint density at radius 1 is 1.10 bits per heavy atom. The molecule has 0 spiro atoms. The molecule has 0 amide bonds. The van der Waals surface area contributed by atoms with Gasteiger partial charge in [0.25, 0.3) is 0 Å². The van der Waals surface area contributed by atoms with Crippen LogP contribution in [-0.4, -0.2) is 31.1 Å². The largest absolute Gasteiger partial charge is 0.460 e. The summed E-state index contributed by atoms with van der Waals surface area (Å²) in [5.41, 5.74) is 0.534. The Bertz CT molecular complexity index is 627. The summed E-state index contributed by atoms with van der Waals surface area (Å²) < 4.78 is 19.6. The summed E-state index contributed by atoms with van der Waals surface area (Å²) in [6, 6.07) is 10.6. The van der Waals surface area contributed by atoms with E-state index < -0.39 is 0 Å². The Hall–Kier alpha value is -1.65. The summed E-state index contributed by atoms with van der Waals surface area (Å²) in [4.78, 5) is 2.44. The van der Waals surface area contributed by atoms with Gasteiger partial charge in [-0.25, -0.2) is 4.39 Å². The zero-order valence-electron chi connectivity index (χ0n) is 11.9. The molecule has 4 rings (SSSR count). The number of likely N-dealkylation sites (tertiary alicyclic amines) is 1. The zero-order valence-corrected chi connectivity index (χ0v) is 11.9. The topological polar surface area (TPSA) is 28.4 Å². The highest BCUT2D eigenvalue weighted by Gasteiger charge is 2.36. The van der Waals surface area contributed by atoms with E-state index in [2.05, 4.69) is 10.2 Å². The number of rotatable bonds is 3. The molecular weight excluding hydrogens is 267 g/mol. The van der Waals surface area contributed by atoms with Gasteiger partial charge in [0, 0.05) is 13.1 Å². The van der Waals surface area contributed by atoms with Crippen LogP contribution in [0.5, 0.6) is 0 Å². The maximum absolute atomic E-state index is 13.8. The van der Waals surface area contributed by atoms with Gasteiger partial charge in [-0.05, 0) is 49.2 Å². The first-order chi connectivity index (χ1) is 10.3. The van der Waals surface area contributed by atoms with Crippen molar-refractivity contribution < 1.29 is 8.81 Å². The van der Waals surface area contributed by atoms with Crippen molar-refractivity contribution in [1.29, 1.82) is 0 Å². The Labute approximate surface area is 123 Å². The van der Waals surface area contributed by atoms with Crippen LogP contribution in [0.25, 0.3) is 11.3 Å². The number of benzene rings is 1.